The smallest absolute Gasteiger partial charge is 0.437 e. The first-order chi connectivity index (χ1) is 12.0. The standard InChI is InChI=1S/C20H31N2O4.Li/c1-13(2)21(14(3)4)19(23)25-17-10-9-11-18(12-17)26-20(24)22(15(5)6)16(7)8;/h9-11,13-16H,1-8H3;/q-1;+1. The van der Waals surface area contributed by atoms with E-state index in [0.29, 0.717) is 0 Å². The maximum Gasteiger partial charge on any atom is 1.00 e. The zero-order chi connectivity index (χ0) is 20.0. The molecule has 0 aliphatic carbocycles. The van der Waals surface area contributed by atoms with Gasteiger partial charge in [-0.25, -0.2) is 9.59 Å². The van der Waals surface area contributed by atoms with E-state index in [1.165, 1.54) is 0 Å². The summed E-state index contributed by atoms with van der Waals surface area (Å²) in [5, 5.41) is 0. The summed E-state index contributed by atoms with van der Waals surface area (Å²) < 4.78 is 10.8. The molecule has 2 amide bonds. The van der Waals surface area contributed by atoms with Gasteiger partial charge in [-0.1, -0.05) is 6.07 Å². The van der Waals surface area contributed by atoms with Crippen molar-refractivity contribution in [1.82, 2.24) is 9.80 Å². The minimum atomic E-state index is -0.458. The summed E-state index contributed by atoms with van der Waals surface area (Å²) in [6, 6.07) is 7.74. The summed E-state index contributed by atoms with van der Waals surface area (Å²) >= 11 is 0. The summed E-state index contributed by atoms with van der Waals surface area (Å²) in [7, 11) is 0. The molecular formula is C20H31LiN2O4. The van der Waals surface area contributed by atoms with E-state index >= 15 is 0 Å². The summed E-state index contributed by atoms with van der Waals surface area (Å²) in [4.78, 5) is 28.0. The second-order valence-electron chi connectivity index (χ2n) is 7.30. The third-order valence-corrected chi connectivity index (χ3v) is 3.78. The molecule has 0 radical (unpaired) electrons. The van der Waals surface area contributed by atoms with Crippen molar-refractivity contribution in [1.29, 1.82) is 0 Å². The molecule has 0 saturated carbocycles. The van der Waals surface area contributed by atoms with Gasteiger partial charge < -0.3 is 19.3 Å². The van der Waals surface area contributed by atoms with Crippen molar-refractivity contribution in [2.24, 2.45) is 0 Å². The van der Waals surface area contributed by atoms with Crippen LogP contribution in [0.4, 0.5) is 9.59 Å². The van der Waals surface area contributed by atoms with Crippen molar-refractivity contribution in [3.63, 3.8) is 0 Å². The molecule has 0 N–H and O–H groups in total. The minimum absolute atomic E-state index is 0. The summed E-state index contributed by atoms with van der Waals surface area (Å²) in [5.74, 6) is 0.430. The Morgan fingerprint density at radius 3 is 1.30 bits per heavy atom. The zero-order valence-electron chi connectivity index (χ0n) is 18.1. The molecule has 146 valence electrons. The fraction of sp³-hybridized carbons (Fsp3) is 0.600. The summed E-state index contributed by atoms with van der Waals surface area (Å²) in [5.41, 5.74) is 0. The average molecular weight is 370 g/mol. The van der Waals surface area contributed by atoms with E-state index in [1.54, 1.807) is 28.0 Å². The Balaban J connectivity index is 0.00000676. The monoisotopic (exact) mass is 370 g/mol. The van der Waals surface area contributed by atoms with E-state index in [-0.39, 0.29) is 54.5 Å². The molecule has 0 aliphatic heterocycles. The molecule has 7 heteroatoms. The van der Waals surface area contributed by atoms with Crippen LogP contribution in [0.25, 0.3) is 0 Å². The molecule has 0 aromatic heterocycles. The number of carbonyl (C=O) groups is 2. The van der Waals surface area contributed by atoms with E-state index in [0.717, 1.165) is 0 Å². The van der Waals surface area contributed by atoms with Gasteiger partial charge in [0.1, 0.15) is 0 Å². The van der Waals surface area contributed by atoms with E-state index in [1.807, 2.05) is 55.4 Å². The van der Waals surface area contributed by atoms with Gasteiger partial charge in [0.05, 0.1) is 0 Å². The molecule has 0 aliphatic rings. The normalized spacial score (nSPS) is 10.8. The fourth-order valence-electron chi connectivity index (χ4n) is 2.88. The Morgan fingerprint density at radius 1 is 0.741 bits per heavy atom. The Kier molecular flexibility index (Phi) is 10.6. The van der Waals surface area contributed by atoms with Gasteiger partial charge in [0.15, 0.2) is 0 Å². The minimum Gasteiger partial charge on any atom is -0.437 e. The van der Waals surface area contributed by atoms with Crippen LogP contribution in [0.2, 0.25) is 0 Å². The fourth-order valence-corrected chi connectivity index (χ4v) is 2.88. The molecule has 0 bridgehead atoms. The van der Waals surface area contributed by atoms with Gasteiger partial charge in [-0.3, -0.25) is 0 Å². The van der Waals surface area contributed by atoms with E-state index in [2.05, 4.69) is 6.07 Å². The van der Waals surface area contributed by atoms with Crippen molar-refractivity contribution >= 4 is 12.2 Å². The number of benzene rings is 1. The number of amides is 2. The van der Waals surface area contributed by atoms with Crippen molar-refractivity contribution < 1.29 is 37.9 Å². The van der Waals surface area contributed by atoms with E-state index in [9.17, 15) is 9.59 Å². The van der Waals surface area contributed by atoms with Crippen LogP contribution in [-0.2, 0) is 0 Å². The molecule has 1 aromatic carbocycles. The van der Waals surface area contributed by atoms with Gasteiger partial charge in [0, 0.05) is 35.7 Å². The number of rotatable bonds is 6. The molecule has 0 unspecified atom stereocenters. The van der Waals surface area contributed by atoms with Gasteiger partial charge in [-0.2, -0.15) is 6.07 Å². The number of nitrogens with zero attached hydrogens (tertiary/aromatic N) is 2. The molecule has 27 heavy (non-hydrogen) atoms. The maximum absolute atomic E-state index is 12.4. The molecule has 0 fully saturated rings. The number of hydrogen-bond acceptors (Lipinski definition) is 4. The van der Waals surface area contributed by atoms with Gasteiger partial charge in [0.2, 0.25) is 0 Å². The largest absolute Gasteiger partial charge is 1.00 e. The summed E-state index contributed by atoms with van der Waals surface area (Å²) in [6.45, 7) is 15.4. The van der Waals surface area contributed by atoms with Crippen LogP contribution < -0.4 is 28.3 Å². The molecular weight excluding hydrogens is 339 g/mol. The number of ether oxygens (including phenoxy) is 2. The Hall–Kier alpha value is -1.64. The van der Waals surface area contributed by atoms with E-state index < -0.39 is 12.2 Å². The van der Waals surface area contributed by atoms with Gasteiger partial charge in [-0.15, -0.1) is 12.1 Å². The van der Waals surface area contributed by atoms with Crippen molar-refractivity contribution in [3.8, 4) is 11.5 Å². The van der Waals surface area contributed by atoms with Gasteiger partial charge >= 0.3 is 31.0 Å². The first-order valence-corrected chi connectivity index (χ1v) is 9.07. The topological polar surface area (TPSA) is 59.1 Å². The predicted octanol–water partition coefficient (Wildman–Crippen LogP) is 1.73. The molecule has 1 aromatic rings. The third-order valence-electron chi connectivity index (χ3n) is 3.78. The van der Waals surface area contributed by atoms with Crippen molar-refractivity contribution in [2.75, 3.05) is 0 Å². The van der Waals surface area contributed by atoms with Gasteiger partial charge in [0.25, 0.3) is 0 Å². The molecule has 0 saturated heterocycles. The Morgan fingerprint density at radius 2 is 1.04 bits per heavy atom. The Bertz CT molecular complexity index is 553. The van der Waals surface area contributed by atoms with Crippen LogP contribution in [0.15, 0.2) is 18.2 Å². The zero-order valence-corrected chi connectivity index (χ0v) is 18.1. The van der Waals surface area contributed by atoms with Crippen molar-refractivity contribution in [2.45, 2.75) is 79.6 Å². The molecule has 0 atom stereocenters. The molecule has 0 spiro atoms. The second kappa shape index (κ2) is 11.3. The van der Waals surface area contributed by atoms with Crippen LogP contribution in [-0.4, -0.2) is 46.2 Å². The van der Waals surface area contributed by atoms with Crippen LogP contribution >= 0.6 is 0 Å². The Labute approximate surface area is 175 Å². The van der Waals surface area contributed by atoms with Crippen LogP contribution in [0, 0.1) is 6.07 Å². The quantitative estimate of drug-likeness (QED) is 0.565. The first kappa shape index (κ1) is 25.4. The first-order valence-electron chi connectivity index (χ1n) is 9.07. The average Bonchev–Trinajstić information content (AvgIpc) is 2.45. The van der Waals surface area contributed by atoms with Crippen LogP contribution in [0.5, 0.6) is 11.5 Å². The summed E-state index contributed by atoms with van der Waals surface area (Å²) in [6.07, 6.45) is -0.915. The van der Waals surface area contributed by atoms with E-state index in [4.69, 9.17) is 9.47 Å². The predicted molar refractivity (Wildman–Crippen MR) is 102 cm³/mol. The van der Waals surface area contributed by atoms with Crippen LogP contribution in [0.3, 0.4) is 0 Å². The number of carbonyl (C=O) groups excluding carboxylic acids is 2. The SMILES string of the molecule is CC(C)N(C(=O)Oc1[c-]c(OC(=O)N(C(C)C)C(C)C)ccc1)C(C)C.[Li+]. The molecule has 6 nitrogen and oxygen atoms in total. The second-order valence-corrected chi connectivity index (χ2v) is 7.30. The van der Waals surface area contributed by atoms with Gasteiger partial charge in [-0.05, 0) is 55.4 Å². The van der Waals surface area contributed by atoms with Crippen LogP contribution in [0.1, 0.15) is 55.4 Å². The third kappa shape index (κ3) is 7.48. The van der Waals surface area contributed by atoms with Crippen molar-refractivity contribution in [3.05, 3.63) is 24.3 Å². The number of hydrogen-bond donors (Lipinski definition) is 0. The molecule has 1 rings (SSSR count). The maximum atomic E-state index is 12.4. The molecule has 0 heterocycles.